The summed E-state index contributed by atoms with van der Waals surface area (Å²) >= 11 is 6.11. The average Bonchev–Trinajstić information content (AvgIpc) is 2.39. The first kappa shape index (κ1) is 14.7. The smallest absolute Gasteiger partial charge is 0.166 e. The molecule has 0 atom stereocenters. The number of rotatable bonds is 3. The standard InChI is InChI=1S/C15H18ClF3/c16-11-14(8-2-1-3-9-14)10-12-4-6-13(7-5-12)15(17,18)19/h4-7H,1-3,8-11H2. The van der Waals surface area contributed by atoms with Crippen LogP contribution in [0.4, 0.5) is 13.2 Å². The first-order valence-electron chi connectivity index (χ1n) is 6.67. The molecule has 1 aromatic carbocycles. The third kappa shape index (κ3) is 3.65. The maximum absolute atomic E-state index is 12.5. The lowest BCUT2D eigenvalue weighted by Gasteiger charge is -2.35. The molecule has 0 radical (unpaired) electrons. The second-order valence-electron chi connectivity index (χ2n) is 5.57. The van der Waals surface area contributed by atoms with Gasteiger partial charge in [0, 0.05) is 5.88 Å². The Balaban J connectivity index is 2.10. The molecule has 19 heavy (non-hydrogen) atoms. The van der Waals surface area contributed by atoms with Crippen LogP contribution in [0.5, 0.6) is 0 Å². The minimum Gasteiger partial charge on any atom is -0.166 e. The third-order valence-corrected chi connectivity index (χ3v) is 4.63. The number of hydrogen-bond acceptors (Lipinski definition) is 0. The minimum absolute atomic E-state index is 0.0829. The molecule has 1 aromatic rings. The normalized spacial score (nSPS) is 19.4. The van der Waals surface area contributed by atoms with Crippen LogP contribution < -0.4 is 0 Å². The van der Waals surface area contributed by atoms with Crippen LogP contribution in [-0.2, 0) is 12.6 Å². The molecule has 0 N–H and O–H groups in total. The van der Waals surface area contributed by atoms with Crippen molar-refractivity contribution in [2.45, 2.75) is 44.7 Å². The van der Waals surface area contributed by atoms with Crippen LogP contribution in [0.15, 0.2) is 24.3 Å². The van der Waals surface area contributed by atoms with Gasteiger partial charge in [-0.2, -0.15) is 13.2 Å². The highest BCUT2D eigenvalue weighted by atomic mass is 35.5. The number of benzene rings is 1. The Kier molecular flexibility index (Phi) is 4.44. The van der Waals surface area contributed by atoms with E-state index in [-0.39, 0.29) is 5.41 Å². The molecule has 0 amide bonds. The van der Waals surface area contributed by atoms with Crippen LogP contribution >= 0.6 is 11.6 Å². The van der Waals surface area contributed by atoms with Gasteiger partial charge in [0.25, 0.3) is 0 Å². The Hall–Kier alpha value is -0.700. The van der Waals surface area contributed by atoms with Crippen LogP contribution in [0.2, 0.25) is 0 Å². The predicted octanol–water partition coefficient (Wildman–Crippen LogP) is 5.44. The van der Waals surface area contributed by atoms with E-state index >= 15 is 0 Å². The summed E-state index contributed by atoms with van der Waals surface area (Å²) in [7, 11) is 0. The molecule has 0 nitrogen and oxygen atoms in total. The third-order valence-electron chi connectivity index (χ3n) is 4.06. The molecule has 2 rings (SSSR count). The zero-order valence-electron chi connectivity index (χ0n) is 10.8. The SMILES string of the molecule is FC(F)(F)c1ccc(CC2(CCl)CCCCC2)cc1. The van der Waals surface area contributed by atoms with E-state index in [1.807, 2.05) is 0 Å². The van der Waals surface area contributed by atoms with E-state index in [1.165, 1.54) is 31.4 Å². The van der Waals surface area contributed by atoms with Crippen LogP contribution in [0.3, 0.4) is 0 Å². The van der Waals surface area contributed by atoms with Gasteiger partial charge in [-0.3, -0.25) is 0 Å². The second-order valence-corrected chi connectivity index (χ2v) is 5.83. The van der Waals surface area contributed by atoms with Crippen molar-refractivity contribution < 1.29 is 13.2 Å². The molecular formula is C15H18ClF3. The summed E-state index contributed by atoms with van der Waals surface area (Å²) < 4.78 is 37.5. The maximum Gasteiger partial charge on any atom is 0.416 e. The lowest BCUT2D eigenvalue weighted by Crippen LogP contribution is -2.28. The van der Waals surface area contributed by atoms with Gasteiger partial charge in [-0.1, -0.05) is 31.4 Å². The van der Waals surface area contributed by atoms with Crippen LogP contribution in [0, 0.1) is 5.41 Å². The van der Waals surface area contributed by atoms with Gasteiger partial charge < -0.3 is 0 Å². The van der Waals surface area contributed by atoms with Gasteiger partial charge in [0.1, 0.15) is 0 Å². The zero-order chi connectivity index (χ0) is 13.9. The maximum atomic E-state index is 12.5. The molecule has 0 unspecified atom stereocenters. The number of halogens is 4. The molecule has 0 heterocycles. The minimum atomic E-state index is -4.26. The molecule has 1 aliphatic rings. The average molecular weight is 291 g/mol. The Morgan fingerprint density at radius 3 is 2.05 bits per heavy atom. The van der Waals surface area contributed by atoms with Gasteiger partial charge in [-0.25, -0.2) is 0 Å². The molecule has 1 fully saturated rings. The van der Waals surface area contributed by atoms with Gasteiger partial charge in [-0.05, 0) is 42.4 Å². The van der Waals surface area contributed by atoms with E-state index in [4.69, 9.17) is 11.6 Å². The monoisotopic (exact) mass is 290 g/mol. The van der Waals surface area contributed by atoms with Crippen molar-refractivity contribution in [1.82, 2.24) is 0 Å². The lowest BCUT2D eigenvalue weighted by atomic mass is 9.72. The summed E-state index contributed by atoms with van der Waals surface area (Å²) in [5.41, 5.74) is 0.454. The summed E-state index contributed by atoms with van der Waals surface area (Å²) in [4.78, 5) is 0. The molecular weight excluding hydrogens is 273 g/mol. The van der Waals surface area contributed by atoms with Crippen molar-refractivity contribution in [3.05, 3.63) is 35.4 Å². The Morgan fingerprint density at radius 1 is 1.00 bits per heavy atom. The second kappa shape index (κ2) is 5.74. The molecule has 0 bridgehead atoms. The summed E-state index contributed by atoms with van der Waals surface area (Å²) in [5.74, 6) is 0.591. The van der Waals surface area contributed by atoms with E-state index in [0.29, 0.717) is 5.88 Å². The van der Waals surface area contributed by atoms with Gasteiger partial charge in [-0.15, -0.1) is 11.6 Å². The van der Waals surface area contributed by atoms with Gasteiger partial charge in [0.05, 0.1) is 5.56 Å². The van der Waals surface area contributed by atoms with Crippen LogP contribution in [-0.4, -0.2) is 5.88 Å². The highest BCUT2D eigenvalue weighted by Gasteiger charge is 2.32. The fraction of sp³-hybridized carbons (Fsp3) is 0.600. The molecule has 0 aromatic heterocycles. The zero-order valence-corrected chi connectivity index (χ0v) is 11.5. The lowest BCUT2D eigenvalue weighted by molar-refractivity contribution is -0.137. The molecule has 1 aliphatic carbocycles. The van der Waals surface area contributed by atoms with Crippen LogP contribution in [0.25, 0.3) is 0 Å². The summed E-state index contributed by atoms with van der Waals surface area (Å²) in [5, 5.41) is 0. The number of hydrogen-bond donors (Lipinski definition) is 0. The van der Waals surface area contributed by atoms with Crippen molar-refractivity contribution in [2.75, 3.05) is 5.88 Å². The molecule has 1 saturated carbocycles. The summed E-state index contributed by atoms with van der Waals surface area (Å²) in [6, 6.07) is 5.51. The predicted molar refractivity (Wildman–Crippen MR) is 71.4 cm³/mol. The molecule has 4 heteroatoms. The van der Waals surface area contributed by atoms with E-state index < -0.39 is 11.7 Å². The number of alkyl halides is 4. The molecule has 0 saturated heterocycles. The first-order chi connectivity index (χ1) is 8.95. The van der Waals surface area contributed by atoms with Crippen molar-refractivity contribution in [3.63, 3.8) is 0 Å². The van der Waals surface area contributed by atoms with E-state index in [9.17, 15) is 13.2 Å². The highest BCUT2D eigenvalue weighted by molar-refractivity contribution is 6.18. The highest BCUT2D eigenvalue weighted by Crippen LogP contribution is 2.40. The first-order valence-corrected chi connectivity index (χ1v) is 7.21. The van der Waals surface area contributed by atoms with E-state index in [0.717, 1.165) is 24.8 Å². The fourth-order valence-electron chi connectivity index (χ4n) is 2.90. The Morgan fingerprint density at radius 2 is 1.58 bits per heavy atom. The molecule has 0 aliphatic heterocycles. The Bertz CT molecular complexity index is 402. The summed E-state index contributed by atoms with van der Waals surface area (Å²) in [6.45, 7) is 0. The van der Waals surface area contributed by atoms with Gasteiger partial charge in [0.2, 0.25) is 0 Å². The van der Waals surface area contributed by atoms with Crippen molar-refractivity contribution in [3.8, 4) is 0 Å². The summed E-state index contributed by atoms with van der Waals surface area (Å²) in [6.07, 6.45) is 2.28. The van der Waals surface area contributed by atoms with Crippen LogP contribution in [0.1, 0.15) is 43.2 Å². The fourth-order valence-corrected chi connectivity index (χ4v) is 3.27. The molecule has 0 spiro atoms. The van der Waals surface area contributed by atoms with Crippen molar-refractivity contribution >= 4 is 11.6 Å². The van der Waals surface area contributed by atoms with Crippen molar-refractivity contribution in [2.24, 2.45) is 5.41 Å². The van der Waals surface area contributed by atoms with Gasteiger partial charge in [0.15, 0.2) is 0 Å². The molecule has 106 valence electrons. The Labute approximate surface area is 117 Å². The topological polar surface area (TPSA) is 0 Å². The quantitative estimate of drug-likeness (QED) is 0.651. The van der Waals surface area contributed by atoms with Crippen molar-refractivity contribution in [1.29, 1.82) is 0 Å². The largest absolute Gasteiger partial charge is 0.416 e. The van der Waals surface area contributed by atoms with E-state index in [1.54, 1.807) is 12.1 Å². The van der Waals surface area contributed by atoms with Gasteiger partial charge >= 0.3 is 6.18 Å². The van der Waals surface area contributed by atoms with E-state index in [2.05, 4.69) is 0 Å².